The van der Waals surface area contributed by atoms with E-state index in [9.17, 15) is 0 Å². The lowest BCUT2D eigenvalue weighted by atomic mass is 9.71. The van der Waals surface area contributed by atoms with Crippen molar-refractivity contribution in [1.29, 1.82) is 0 Å². The predicted octanol–water partition coefficient (Wildman–Crippen LogP) is 5.02. The van der Waals surface area contributed by atoms with E-state index >= 15 is 0 Å². The van der Waals surface area contributed by atoms with Crippen LogP contribution in [-0.2, 0) is 10.3 Å². The van der Waals surface area contributed by atoms with Gasteiger partial charge in [-0.05, 0) is 63.2 Å². The lowest BCUT2D eigenvalue weighted by molar-refractivity contribution is -0.0589. The molecule has 5 heteroatoms. The fourth-order valence-corrected chi connectivity index (χ4v) is 4.35. The summed E-state index contributed by atoms with van der Waals surface area (Å²) in [5.41, 5.74) is 0.570. The molecule has 0 spiro atoms. The molecule has 4 nitrogen and oxygen atoms in total. The fourth-order valence-electron chi connectivity index (χ4n) is 4.11. The zero-order chi connectivity index (χ0) is 20.0. The van der Waals surface area contributed by atoms with E-state index in [1.807, 2.05) is 42.5 Å². The molecule has 2 aromatic rings. The summed E-state index contributed by atoms with van der Waals surface area (Å²) in [6.45, 7) is 0.922. The molecule has 0 radical (unpaired) electrons. The van der Waals surface area contributed by atoms with Crippen LogP contribution in [0.3, 0.4) is 0 Å². The van der Waals surface area contributed by atoms with Crippen LogP contribution in [0.1, 0.15) is 31.2 Å². The average molecular weight is 400 g/mol. The van der Waals surface area contributed by atoms with Gasteiger partial charge in [-0.15, -0.1) is 0 Å². The number of rotatable bonds is 6. The Bertz CT molecular complexity index is 780. The largest absolute Gasteiger partial charge is 0.497 e. The SMILES string of the molecule is COc1cccc([C@]2(OC(=S)Oc3ccccc3)CCCC[C@@H]2CN(C)C)c1. The van der Waals surface area contributed by atoms with Crippen LogP contribution in [0, 0.1) is 5.92 Å². The van der Waals surface area contributed by atoms with Crippen LogP contribution in [0.15, 0.2) is 54.6 Å². The summed E-state index contributed by atoms with van der Waals surface area (Å²) in [7, 11) is 5.89. The van der Waals surface area contributed by atoms with E-state index in [2.05, 4.69) is 31.1 Å². The van der Waals surface area contributed by atoms with Crippen molar-refractivity contribution < 1.29 is 14.2 Å². The Hall–Kier alpha value is -2.11. The molecule has 1 aliphatic carbocycles. The summed E-state index contributed by atoms with van der Waals surface area (Å²) in [6.07, 6.45) is 4.27. The van der Waals surface area contributed by atoms with Crippen molar-refractivity contribution in [3.63, 3.8) is 0 Å². The van der Waals surface area contributed by atoms with Gasteiger partial charge >= 0.3 is 5.24 Å². The first-order chi connectivity index (χ1) is 13.5. The molecule has 1 aliphatic rings. The molecule has 1 fully saturated rings. The molecule has 0 amide bonds. The van der Waals surface area contributed by atoms with Gasteiger partial charge in [0.25, 0.3) is 0 Å². The predicted molar refractivity (Wildman–Crippen MR) is 116 cm³/mol. The van der Waals surface area contributed by atoms with E-state index in [-0.39, 0.29) is 5.24 Å². The number of para-hydroxylation sites is 1. The molecule has 0 aliphatic heterocycles. The minimum absolute atomic E-state index is 0.166. The molecule has 0 saturated heterocycles. The van der Waals surface area contributed by atoms with Gasteiger partial charge < -0.3 is 19.1 Å². The van der Waals surface area contributed by atoms with E-state index in [4.69, 9.17) is 26.4 Å². The molecule has 2 atom stereocenters. The minimum atomic E-state index is -0.525. The van der Waals surface area contributed by atoms with Crippen molar-refractivity contribution in [1.82, 2.24) is 4.90 Å². The monoisotopic (exact) mass is 399 g/mol. The molecular formula is C23H29NO3S. The summed E-state index contributed by atoms with van der Waals surface area (Å²) < 4.78 is 17.8. The Balaban J connectivity index is 1.94. The summed E-state index contributed by atoms with van der Waals surface area (Å²) >= 11 is 5.53. The molecule has 0 N–H and O–H groups in total. The Labute approximate surface area is 173 Å². The number of benzene rings is 2. The van der Waals surface area contributed by atoms with Crippen LogP contribution < -0.4 is 9.47 Å². The standard InChI is InChI=1S/C23H29NO3S/c1-24(2)17-19-10-7-8-15-23(19,18-11-9-14-21(16-18)25-3)27-22(28)26-20-12-5-4-6-13-20/h4-6,9,11-14,16,19H,7-8,10,15,17H2,1-3H3/t19-,23-/m1/s1. The molecule has 2 aromatic carbocycles. The van der Waals surface area contributed by atoms with Gasteiger partial charge in [-0.1, -0.05) is 36.8 Å². The van der Waals surface area contributed by atoms with Gasteiger partial charge in [0.05, 0.1) is 7.11 Å². The second-order valence-electron chi connectivity index (χ2n) is 7.59. The lowest BCUT2D eigenvalue weighted by Crippen LogP contribution is -2.46. The molecule has 0 bridgehead atoms. The van der Waals surface area contributed by atoms with E-state index in [1.54, 1.807) is 7.11 Å². The first-order valence-electron chi connectivity index (χ1n) is 9.78. The number of hydrogen-bond acceptors (Lipinski definition) is 5. The molecule has 150 valence electrons. The Morgan fingerprint density at radius 2 is 1.82 bits per heavy atom. The molecular weight excluding hydrogens is 370 g/mol. The van der Waals surface area contributed by atoms with Crippen LogP contribution in [0.2, 0.25) is 0 Å². The maximum Gasteiger partial charge on any atom is 0.358 e. The Morgan fingerprint density at radius 3 is 2.54 bits per heavy atom. The van der Waals surface area contributed by atoms with Crippen molar-refractivity contribution in [2.45, 2.75) is 31.3 Å². The number of hydrogen-bond donors (Lipinski definition) is 0. The normalized spacial score (nSPS) is 21.9. The van der Waals surface area contributed by atoms with E-state index < -0.39 is 5.60 Å². The third kappa shape index (κ3) is 4.83. The minimum Gasteiger partial charge on any atom is -0.497 e. The number of methoxy groups -OCH3 is 1. The van der Waals surface area contributed by atoms with Crippen LogP contribution in [-0.4, -0.2) is 37.9 Å². The van der Waals surface area contributed by atoms with Gasteiger partial charge in [0.1, 0.15) is 17.1 Å². The average Bonchev–Trinajstić information content (AvgIpc) is 2.70. The van der Waals surface area contributed by atoms with Crippen molar-refractivity contribution in [2.75, 3.05) is 27.7 Å². The molecule has 0 heterocycles. The summed E-state index contributed by atoms with van der Waals surface area (Å²) in [6, 6.07) is 17.7. The third-order valence-corrected chi connectivity index (χ3v) is 5.53. The molecule has 0 aromatic heterocycles. The van der Waals surface area contributed by atoms with Gasteiger partial charge in [0, 0.05) is 24.7 Å². The van der Waals surface area contributed by atoms with Crippen LogP contribution in [0.5, 0.6) is 11.5 Å². The highest BCUT2D eigenvalue weighted by atomic mass is 32.1. The fraction of sp³-hybridized carbons (Fsp3) is 0.435. The first kappa shape index (κ1) is 20.6. The highest BCUT2D eigenvalue weighted by Gasteiger charge is 2.46. The van der Waals surface area contributed by atoms with Gasteiger partial charge in [-0.2, -0.15) is 0 Å². The topological polar surface area (TPSA) is 30.9 Å². The third-order valence-electron chi connectivity index (χ3n) is 5.36. The first-order valence-corrected chi connectivity index (χ1v) is 10.2. The van der Waals surface area contributed by atoms with Gasteiger partial charge in [-0.3, -0.25) is 0 Å². The molecule has 0 unspecified atom stereocenters. The van der Waals surface area contributed by atoms with Crippen molar-refractivity contribution in [3.05, 3.63) is 60.2 Å². The van der Waals surface area contributed by atoms with Crippen LogP contribution >= 0.6 is 12.2 Å². The summed E-state index contributed by atoms with van der Waals surface area (Å²) in [5.74, 6) is 1.82. The van der Waals surface area contributed by atoms with E-state index in [1.165, 1.54) is 6.42 Å². The van der Waals surface area contributed by atoms with Crippen molar-refractivity contribution >= 4 is 17.5 Å². The second kappa shape index (κ2) is 9.39. The quantitative estimate of drug-likeness (QED) is 0.637. The maximum atomic E-state index is 6.51. The molecule has 1 saturated carbocycles. The van der Waals surface area contributed by atoms with Crippen molar-refractivity contribution in [3.8, 4) is 11.5 Å². The van der Waals surface area contributed by atoms with E-state index in [0.29, 0.717) is 11.7 Å². The summed E-state index contributed by atoms with van der Waals surface area (Å²) in [4.78, 5) is 2.22. The zero-order valence-electron chi connectivity index (χ0n) is 16.9. The van der Waals surface area contributed by atoms with E-state index in [0.717, 1.165) is 37.1 Å². The highest BCUT2D eigenvalue weighted by Crippen LogP contribution is 2.46. The second-order valence-corrected chi connectivity index (χ2v) is 7.93. The summed E-state index contributed by atoms with van der Waals surface area (Å²) in [5, 5.41) is 0.166. The van der Waals surface area contributed by atoms with Crippen LogP contribution in [0.25, 0.3) is 0 Å². The smallest absolute Gasteiger partial charge is 0.358 e. The number of nitrogens with zero attached hydrogens (tertiary/aromatic N) is 1. The highest BCUT2D eigenvalue weighted by molar-refractivity contribution is 7.79. The Morgan fingerprint density at radius 1 is 1.07 bits per heavy atom. The molecule has 3 rings (SSSR count). The molecule has 28 heavy (non-hydrogen) atoms. The lowest BCUT2D eigenvalue weighted by Gasteiger charge is -2.45. The zero-order valence-corrected chi connectivity index (χ0v) is 17.7. The van der Waals surface area contributed by atoms with Gasteiger partial charge in [0.15, 0.2) is 0 Å². The van der Waals surface area contributed by atoms with Gasteiger partial charge in [0.2, 0.25) is 0 Å². The van der Waals surface area contributed by atoms with Crippen molar-refractivity contribution in [2.24, 2.45) is 5.92 Å². The van der Waals surface area contributed by atoms with Gasteiger partial charge in [-0.25, -0.2) is 0 Å². The number of thiocarbonyl (C=S) groups is 1. The number of ether oxygens (including phenoxy) is 3. The van der Waals surface area contributed by atoms with Crippen LogP contribution in [0.4, 0.5) is 0 Å². The maximum absolute atomic E-state index is 6.51. The Kier molecular flexibility index (Phi) is 6.92.